The third-order valence-electron chi connectivity index (χ3n) is 4.08. The highest BCUT2D eigenvalue weighted by Gasteiger charge is 2.15. The monoisotopic (exact) mass is 362 g/mol. The van der Waals surface area contributed by atoms with Crippen LogP contribution in [0.1, 0.15) is 5.82 Å². The predicted molar refractivity (Wildman–Crippen MR) is 102 cm³/mol. The number of benzene rings is 2. The molecule has 0 aliphatic carbocycles. The van der Waals surface area contributed by atoms with Crippen molar-refractivity contribution in [3.63, 3.8) is 0 Å². The van der Waals surface area contributed by atoms with Crippen molar-refractivity contribution in [1.29, 1.82) is 0 Å². The highest BCUT2D eigenvalue weighted by atomic mass is 16.5. The molecule has 0 aliphatic rings. The smallest absolute Gasteiger partial charge is 0.247 e. The van der Waals surface area contributed by atoms with Gasteiger partial charge in [-0.15, -0.1) is 5.10 Å². The molecule has 4 aromatic rings. The van der Waals surface area contributed by atoms with Crippen molar-refractivity contribution < 1.29 is 9.47 Å². The van der Waals surface area contributed by atoms with E-state index in [1.54, 1.807) is 20.3 Å². The summed E-state index contributed by atoms with van der Waals surface area (Å²) in [4.78, 5) is 13.7. The van der Waals surface area contributed by atoms with Gasteiger partial charge in [0, 0.05) is 11.5 Å². The molecule has 0 bridgehead atoms. The van der Waals surface area contributed by atoms with Crippen LogP contribution in [-0.4, -0.2) is 39.4 Å². The normalized spacial score (nSPS) is 10.8. The predicted octanol–water partition coefficient (Wildman–Crippen LogP) is 3.48. The van der Waals surface area contributed by atoms with Gasteiger partial charge in [-0.3, -0.25) is 5.10 Å². The van der Waals surface area contributed by atoms with Gasteiger partial charge in [-0.05, 0) is 31.2 Å². The Labute approximate surface area is 155 Å². The summed E-state index contributed by atoms with van der Waals surface area (Å²) in [5, 5.41) is 11.0. The van der Waals surface area contributed by atoms with Gasteiger partial charge in [0.25, 0.3) is 0 Å². The van der Waals surface area contributed by atoms with Crippen LogP contribution in [0.5, 0.6) is 11.5 Å². The number of ether oxygens (including phenoxy) is 2. The SMILES string of the molecule is COc1ccc(-c2nc(Nc3n[nH]c(C)n3)c3ccccc3n2)c(OC)c1. The molecule has 8 heteroatoms. The van der Waals surface area contributed by atoms with Gasteiger partial charge in [0.2, 0.25) is 5.95 Å². The van der Waals surface area contributed by atoms with E-state index in [4.69, 9.17) is 19.4 Å². The van der Waals surface area contributed by atoms with E-state index in [9.17, 15) is 0 Å². The van der Waals surface area contributed by atoms with Crippen LogP contribution in [0.4, 0.5) is 11.8 Å². The van der Waals surface area contributed by atoms with E-state index in [1.165, 1.54) is 0 Å². The molecule has 2 N–H and O–H groups in total. The third kappa shape index (κ3) is 3.24. The minimum atomic E-state index is 0.448. The molecule has 0 aliphatic heterocycles. The van der Waals surface area contributed by atoms with Gasteiger partial charge >= 0.3 is 0 Å². The number of hydrogen-bond acceptors (Lipinski definition) is 7. The average molecular weight is 362 g/mol. The van der Waals surface area contributed by atoms with Crippen LogP contribution in [0.25, 0.3) is 22.3 Å². The number of aryl methyl sites for hydroxylation is 1. The lowest BCUT2D eigenvalue weighted by molar-refractivity contribution is 0.395. The number of aromatic nitrogens is 5. The second-order valence-corrected chi connectivity index (χ2v) is 5.85. The molecule has 0 unspecified atom stereocenters. The molecule has 0 fully saturated rings. The van der Waals surface area contributed by atoms with Crippen LogP contribution in [0.3, 0.4) is 0 Å². The molecule has 0 spiro atoms. The maximum absolute atomic E-state index is 5.51. The molecule has 8 nitrogen and oxygen atoms in total. The molecule has 0 saturated heterocycles. The summed E-state index contributed by atoms with van der Waals surface area (Å²) in [5.74, 6) is 3.64. The zero-order valence-electron chi connectivity index (χ0n) is 15.1. The van der Waals surface area contributed by atoms with Gasteiger partial charge in [-0.1, -0.05) is 12.1 Å². The molecule has 0 saturated carbocycles. The summed E-state index contributed by atoms with van der Waals surface area (Å²) in [5.41, 5.74) is 1.56. The van der Waals surface area contributed by atoms with Gasteiger partial charge in [0.05, 0.1) is 25.3 Å². The highest BCUT2D eigenvalue weighted by Crippen LogP contribution is 2.34. The van der Waals surface area contributed by atoms with Gasteiger partial charge in [-0.25, -0.2) is 9.97 Å². The fourth-order valence-corrected chi connectivity index (χ4v) is 2.78. The second kappa shape index (κ2) is 6.91. The van der Waals surface area contributed by atoms with Crippen LogP contribution >= 0.6 is 0 Å². The number of hydrogen-bond donors (Lipinski definition) is 2. The van der Waals surface area contributed by atoms with Crippen molar-refractivity contribution in [2.45, 2.75) is 6.92 Å². The molecular formula is C19H18N6O2. The molecule has 2 aromatic heterocycles. The van der Waals surface area contributed by atoms with Gasteiger partial charge in [-0.2, -0.15) is 4.98 Å². The molecule has 0 radical (unpaired) electrons. The second-order valence-electron chi connectivity index (χ2n) is 5.85. The summed E-state index contributed by atoms with van der Waals surface area (Å²) >= 11 is 0. The van der Waals surface area contributed by atoms with Crippen LogP contribution in [0.2, 0.25) is 0 Å². The summed E-state index contributed by atoms with van der Waals surface area (Å²) in [6.07, 6.45) is 0. The van der Waals surface area contributed by atoms with Crippen molar-refractivity contribution in [2.24, 2.45) is 0 Å². The molecule has 4 rings (SSSR count). The first-order valence-corrected chi connectivity index (χ1v) is 8.33. The zero-order chi connectivity index (χ0) is 18.8. The van der Waals surface area contributed by atoms with Crippen LogP contribution < -0.4 is 14.8 Å². The van der Waals surface area contributed by atoms with Gasteiger partial charge in [0.15, 0.2) is 5.82 Å². The van der Waals surface area contributed by atoms with Crippen LogP contribution in [-0.2, 0) is 0 Å². The van der Waals surface area contributed by atoms with E-state index in [0.717, 1.165) is 16.5 Å². The topological polar surface area (TPSA) is 97.8 Å². The highest BCUT2D eigenvalue weighted by molar-refractivity contribution is 5.92. The Morgan fingerprint density at radius 3 is 2.56 bits per heavy atom. The maximum Gasteiger partial charge on any atom is 0.247 e. The van der Waals surface area contributed by atoms with E-state index < -0.39 is 0 Å². The number of H-pyrrole nitrogens is 1. The standard InChI is InChI=1S/C19H18N6O2/c1-11-20-19(25-24-11)23-17-13-6-4-5-7-15(13)21-18(22-17)14-9-8-12(26-2)10-16(14)27-3/h4-10H,1-3H3,(H2,20,21,22,23,24,25). The fourth-order valence-electron chi connectivity index (χ4n) is 2.78. The molecule has 0 amide bonds. The van der Waals surface area contributed by atoms with E-state index in [1.807, 2.05) is 43.3 Å². The number of anilines is 2. The number of para-hydroxylation sites is 1. The Bertz CT molecular complexity index is 1110. The molecule has 27 heavy (non-hydrogen) atoms. The first kappa shape index (κ1) is 16.8. The average Bonchev–Trinajstić information content (AvgIpc) is 3.12. The first-order valence-electron chi connectivity index (χ1n) is 8.33. The van der Waals surface area contributed by atoms with Crippen molar-refractivity contribution in [1.82, 2.24) is 25.1 Å². The Kier molecular flexibility index (Phi) is 4.29. The third-order valence-corrected chi connectivity index (χ3v) is 4.08. The van der Waals surface area contributed by atoms with Crippen molar-refractivity contribution in [3.8, 4) is 22.9 Å². The minimum Gasteiger partial charge on any atom is -0.497 e. The molecule has 2 aromatic carbocycles. The molecular weight excluding hydrogens is 344 g/mol. The Morgan fingerprint density at radius 2 is 1.81 bits per heavy atom. The number of rotatable bonds is 5. The van der Waals surface area contributed by atoms with Crippen molar-refractivity contribution >= 4 is 22.7 Å². The lowest BCUT2D eigenvalue weighted by Crippen LogP contribution is -2.01. The number of aromatic amines is 1. The maximum atomic E-state index is 5.51. The van der Waals surface area contributed by atoms with Crippen LogP contribution in [0, 0.1) is 6.92 Å². The fraction of sp³-hybridized carbons (Fsp3) is 0.158. The van der Waals surface area contributed by atoms with E-state index in [0.29, 0.717) is 34.9 Å². The van der Waals surface area contributed by atoms with E-state index >= 15 is 0 Å². The van der Waals surface area contributed by atoms with Gasteiger partial charge in [0.1, 0.15) is 23.1 Å². The van der Waals surface area contributed by atoms with Crippen LogP contribution in [0.15, 0.2) is 42.5 Å². The first-order chi connectivity index (χ1) is 13.2. The van der Waals surface area contributed by atoms with Crippen molar-refractivity contribution in [2.75, 3.05) is 19.5 Å². The zero-order valence-corrected chi connectivity index (χ0v) is 15.1. The minimum absolute atomic E-state index is 0.448. The summed E-state index contributed by atoms with van der Waals surface area (Å²) in [7, 11) is 3.22. The number of nitrogens with zero attached hydrogens (tertiary/aromatic N) is 4. The lowest BCUT2D eigenvalue weighted by Gasteiger charge is -2.12. The van der Waals surface area contributed by atoms with Crippen molar-refractivity contribution in [3.05, 3.63) is 48.3 Å². The summed E-state index contributed by atoms with van der Waals surface area (Å²) in [6, 6.07) is 13.3. The number of nitrogens with one attached hydrogen (secondary N) is 2. The lowest BCUT2D eigenvalue weighted by atomic mass is 10.1. The quantitative estimate of drug-likeness (QED) is 0.561. The van der Waals surface area contributed by atoms with E-state index in [2.05, 4.69) is 20.5 Å². The number of fused-ring (bicyclic) bond motifs is 1. The summed E-state index contributed by atoms with van der Waals surface area (Å²) < 4.78 is 10.8. The van der Waals surface area contributed by atoms with E-state index in [-0.39, 0.29) is 0 Å². The van der Waals surface area contributed by atoms with Gasteiger partial charge < -0.3 is 14.8 Å². The Hall–Kier alpha value is -3.68. The largest absolute Gasteiger partial charge is 0.497 e. The molecule has 136 valence electrons. The Morgan fingerprint density at radius 1 is 0.963 bits per heavy atom. The molecule has 2 heterocycles. The number of methoxy groups -OCH3 is 2. The Balaban J connectivity index is 1.87. The molecule has 0 atom stereocenters. The summed E-state index contributed by atoms with van der Waals surface area (Å²) in [6.45, 7) is 1.84.